The smallest absolute Gasteiger partial charge is 0.179 e. The zero-order valence-electron chi connectivity index (χ0n) is 12.6. The number of ketones is 1. The van der Waals surface area contributed by atoms with Gasteiger partial charge in [-0.2, -0.15) is 0 Å². The molecule has 3 rings (SSSR count). The van der Waals surface area contributed by atoms with Crippen molar-refractivity contribution < 1.29 is 15.0 Å². The molecule has 0 fully saturated rings. The number of aliphatic hydroxyl groups is 2. The molecular formula is C16H18N4O3. The maximum atomic E-state index is 12.0. The molecule has 0 radical (unpaired) electrons. The molecule has 0 aliphatic heterocycles. The van der Waals surface area contributed by atoms with Crippen molar-refractivity contribution in [2.45, 2.75) is 37.9 Å². The van der Waals surface area contributed by atoms with Gasteiger partial charge >= 0.3 is 0 Å². The Kier molecular flexibility index (Phi) is 4.34. The lowest BCUT2D eigenvalue weighted by atomic mass is 9.93. The maximum Gasteiger partial charge on any atom is 0.179 e. The van der Waals surface area contributed by atoms with Gasteiger partial charge in [0.15, 0.2) is 5.78 Å². The van der Waals surface area contributed by atoms with E-state index in [9.17, 15) is 15.0 Å². The van der Waals surface area contributed by atoms with Crippen LogP contribution in [0.25, 0.3) is 21.3 Å². The van der Waals surface area contributed by atoms with E-state index in [0.717, 1.165) is 29.3 Å². The summed E-state index contributed by atoms with van der Waals surface area (Å²) in [6.07, 6.45) is 0.355. The van der Waals surface area contributed by atoms with E-state index in [4.69, 9.17) is 5.53 Å². The second-order valence-corrected chi connectivity index (χ2v) is 5.82. The molecule has 1 aromatic heterocycles. The van der Waals surface area contributed by atoms with Gasteiger partial charge in [-0.3, -0.25) is 4.79 Å². The number of aromatic nitrogens is 1. The van der Waals surface area contributed by atoms with Crippen molar-refractivity contribution in [3.8, 4) is 0 Å². The van der Waals surface area contributed by atoms with Crippen LogP contribution in [0, 0.1) is 0 Å². The molecule has 7 nitrogen and oxygen atoms in total. The fraction of sp³-hybridized carbons (Fsp3) is 0.438. The van der Waals surface area contributed by atoms with Crippen molar-refractivity contribution in [1.29, 1.82) is 0 Å². The summed E-state index contributed by atoms with van der Waals surface area (Å²) in [4.78, 5) is 17.7. The van der Waals surface area contributed by atoms with Crippen LogP contribution in [0.4, 0.5) is 0 Å². The molecule has 120 valence electrons. The van der Waals surface area contributed by atoms with Crippen LogP contribution in [0.3, 0.4) is 0 Å². The van der Waals surface area contributed by atoms with Crippen LogP contribution in [0.15, 0.2) is 23.3 Å². The standard InChI is InChI=1S/C16H18N4O3/c17-20-18-7-6-14(22)16(23)9-4-5-12-11(8-9)10-2-1-3-13(21)15(10)19-12/h4-5,8,14,16,19,22-23H,1-3,6-7H2. The highest BCUT2D eigenvalue weighted by Crippen LogP contribution is 2.31. The molecule has 1 aliphatic carbocycles. The number of azide groups is 1. The monoisotopic (exact) mass is 314 g/mol. The molecule has 1 aromatic carbocycles. The lowest BCUT2D eigenvalue weighted by molar-refractivity contribution is 0.0151. The second kappa shape index (κ2) is 6.42. The number of carbonyl (C=O) groups is 1. The highest BCUT2D eigenvalue weighted by Gasteiger charge is 2.23. The summed E-state index contributed by atoms with van der Waals surface area (Å²) in [6.45, 7) is 0.130. The zero-order valence-corrected chi connectivity index (χ0v) is 12.6. The molecule has 23 heavy (non-hydrogen) atoms. The van der Waals surface area contributed by atoms with Crippen molar-refractivity contribution in [2.24, 2.45) is 5.11 Å². The number of nitrogens with zero attached hydrogens (tertiary/aromatic N) is 3. The number of nitrogens with one attached hydrogen (secondary N) is 1. The summed E-state index contributed by atoms with van der Waals surface area (Å²) in [5, 5.41) is 24.6. The highest BCUT2D eigenvalue weighted by molar-refractivity contribution is 6.03. The minimum absolute atomic E-state index is 0.124. The normalized spacial score (nSPS) is 16.7. The minimum Gasteiger partial charge on any atom is -0.390 e. The first kappa shape index (κ1) is 15.6. The van der Waals surface area contributed by atoms with Crippen molar-refractivity contribution in [3.63, 3.8) is 0 Å². The number of H-pyrrole nitrogens is 1. The second-order valence-electron chi connectivity index (χ2n) is 5.82. The van der Waals surface area contributed by atoms with Crippen molar-refractivity contribution in [3.05, 3.63) is 45.5 Å². The van der Waals surface area contributed by atoms with E-state index in [1.807, 2.05) is 12.1 Å². The molecule has 0 bridgehead atoms. The predicted molar refractivity (Wildman–Crippen MR) is 85.2 cm³/mol. The molecule has 0 spiro atoms. The fourth-order valence-corrected chi connectivity index (χ4v) is 3.11. The lowest BCUT2D eigenvalue weighted by Gasteiger charge is -2.17. The van der Waals surface area contributed by atoms with Gasteiger partial charge < -0.3 is 15.2 Å². The molecule has 3 N–H and O–H groups in total. The number of aliphatic hydroxyl groups excluding tert-OH is 2. The van der Waals surface area contributed by atoms with Crippen molar-refractivity contribution >= 4 is 16.7 Å². The number of hydrogen-bond donors (Lipinski definition) is 3. The third-order valence-electron chi connectivity index (χ3n) is 4.33. The summed E-state index contributed by atoms with van der Waals surface area (Å²) in [7, 11) is 0. The molecule has 2 aromatic rings. The van der Waals surface area contributed by atoms with Gasteiger partial charge in [-0.15, -0.1) is 0 Å². The summed E-state index contributed by atoms with van der Waals surface area (Å²) in [6, 6.07) is 5.38. The summed E-state index contributed by atoms with van der Waals surface area (Å²) >= 11 is 0. The third kappa shape index (κ3) is 2.94. The van der Waals surface area contributed by atoms with Gasteiger partial charge in [-0.25, -0.2) is 0 Å². The Hall–Kier alpha value is -2.34. The number of carbonyl (C=O) groups excluding carboxylic acids is 1. The summed E-state index contributed by atoms with van der Waals surface area (Å²) < 4.78 is 0. The van der Waals surface area contributed by atoms with Gasteiger partial charge in [0, 0.05) is 28.8 Å². The van der Waals surface area contributed by atoms with Gasteiger partial charge in [0.1, 0.15) is 6.10 Å². The molecular weight excluding hydrogens is 296 g/mol. The Bertz CT molecular complexity index is 792. The number of Topliss-reactive ketones (excluding diaryl/α,β-unsaturated/α-hetero) is 1. The number of aromatic amines is 1. The molecule has 2 unspecified atom stereocenters. The SMILES string of the molecule is [N-]=[N+]=NCCC(O)C(O)c1ccc2[nH]c3c(c2c1)CCCC3=O. The van der Waals surface area contributed by atoms with Crippen LogP contribution in [-0.2, 0) is 6.42 Å². The Morgan fingerprint density at radius 3 is 2.96 bits per heavy atom. The first-order valence-corrected chi connectivity index (χ1v) is 7.66. The lowest BCUT2D eigenvalue weighted by Crippen LogP contribution is -2.19. The molecule has 0 amide bonds. The van der Waals surface area contributed by atoms with E-state index in [-0.39, 0.29) is 18.7 Å². The minimum atomic E-state index is -1.06. The van der Waals surface area contributed by atoms with Gasteiger partial charge in [0.2, 0.25) is 0 Å². The van der Waals surface area contributed by atoms with Crippen LogP contribution in [-0.4, -0.2) is 33.6 Å². The van der Waals surface area contributed by atoms with E-state index in [1.54, 1.807) is 6.07 Å². The predicted octanol–water partition coefficient (Wildman–Crippen LogP) is 2.78. The summed E-state index contributed by atoms with van der Waals surface area (Å²) in [5.41, 5.74) is 11.4. The summed E-state index contributed by atoms with van der Waals surface area (Å²) in [5.74, 6) is 0.124. The molecule has 0 saturated heterocycles. The Labute approximate surface area is 132 Å². The van der Waals surface area contributed by atoms with Gasteiger partial charge in [0.05, 0.1) is 11.8 Å². The van der Waals surface area contributed by atoms with E-state index >= 15 is 0 Å². The first-order chi connectivity index (χ1) is 11.1. The van der Waals surface area contributed by atoms with Crippen LogP contribution >= 0.6 is 0 Å². The molecule has 1 heterocycles. The number of aryl methyl sites for hydroxylation is 1. The van der Waals surface area contributed by atoms with E-state index in [0.29, 0.717) is 17.7 Å². The molecule has 2 atom stereocenters. The highest BCUT2D eigenvalue weighted by atomic mass is 16.3. The van der Waals surface area contributed by atoms with Crippen LogP contribution in [0.1, 0.15) is 47.0 Å². The first-order valence-electron chi connectivity index (χ1n) is 7.66. The quantitative estimate of drug-likeness (QED) is 0.446. The Morgan fingerprint density at radius 1 is 1.35 bits per heavy atom. The zero-order chi connectivity index (χ0) is 16.4. The molecule has 0 saturated carbocycles. The Morgan fingerprint density at radius 2 is 2.17 bits per heavy atom. The van der Waals surface area contributed by atoms with E-state index < -0.39 is 12.2 Å². The number of rotatable bonds is 5. The van der Waals surface area contributed by atoms with Crippen LogP contribution < -0.4 is 0 Å². The molecule has 7 heteroatoms. The number of hydrogen-bond acceptors (Lipinski definition) is 4. The van der Waals surface area contributed by atoms with E-state index in [1.165, 1.54) is 0 Å². The van der Waals surface area contributed by atoms with Crippen molar-refractivity contribution in [2.75, 3.05) is 6.54 Å². The van der Waals surface area contributed by atoms with Crippen LogP contribution in [0.2, 0.25) is 0 Å². The van der Waals surface area contributed by atoms with Crippen LogP contribution in [0.5, 0.6) is 0 Å². The largest absolute Gasteiger partial charge is 0.390 e. The van der Waals surface area contributed by atoms with Gasteiger partial charge in [0.25, 0.3) is 0 Å². The number of benzene rings is 1. The third-order valence-corrected chi connectivity index (χ3v) is 4.33. The van der Waals surface area contributed by atoms with Gasteiger partial charge in [-0.1, -0.05) is 11.2 Å². The average molecular weight is 314 g/mol. The molecule has 1 aliphatic rings. The number of fused-ring (bicyclic) bond motifs is 3. The Balaban J connectivity index is 1.90. The van der Waals surface area contributed by atoms with Gasteiger partial charge in [-0.05, 0) is 48.1 Å². The van der Waals surface area contributed by atoms with Crippen molar-refractivity contribution in [1.82, 2.24) is 4.98 Å². The topological polar surface area (TPSA) is 122 Å². The van der Waals surface area contributed by atoms with E-state index in [2.05, 4.69) is 15.0 Å². The average Bonchev–Trinajstić information content (AvgIpc) is 2.93. The maximum absolute atomic E-state index is 12.0. The fourth-order valence-electron chi connectivity index (χ4n) is 3.11.